The van der Waals surface area contributed by atoms with E-state index in [1.54, 1.807) is 16.8 Å². The van der Waals surface area contributed by atoms with Gasteiger partial charge < -0.3 is 5.32 Å². The normalized spacial score (nSPS) is 16.3. The van der Waals surface area contributed by atoms with E-state index in [0.29, 0.717) is 29.4 Å². The first-order valence-corrected chi connectivity index (χ1v) is 9.09. The fourth-order valence-electron chi connectivity index (χ4n) is 2.56. The number of anilines is 1. The summed E-state index contributed by atoms with van der Waals surface area (Å²) in [5.41, 5.74) is 2.22. The molecular weight excluding hydrogens is 317 g/mol. The van der Waals surface area contributed by atoms with E-state index < -0.39 is 10.8 Å². The molecule has 0 saturated heterocycles. The van der Waals surface area contributed by atoms with Crippen LogP contribution in [-0.4, -0.2) is 19.9 Å². The van der Waals surface area contributed by atoms with Crippen LogP contribution in [0.15, 0.2) is 24.3 Å². The average molecular weight is 335 g/mol. The Morgan fingerprint density at radius 2 is 2.09 bits per heavy atom. The number of carbonyl (C=O) groups is 1. The van der Waals surface area contributed by atoms with Crippen molar-refractivity contribution >= 4 is 22.5 Å². The number of rotatable bonds is 5. The molecule has 0 unspecified atom stereocenters. The highest BCUT2D eigenvalue weighted by molar-refractivity contribution is 7.83. The predicted molar refractivity (Wildman–Crippen MR) is 87.2 cm³/mol. The number of unbranched alkanes of at least 4 members (excludes halogenated alkanes) is 1. The molecule has 0 bridgehead atoms. The van der Waals surface area contributed by atoms with Gasteiger partial charge in [0.15, 0.2) is 0 Å². The molecule has 23 heavy (non-hydrogen) atoms. The molecule has 0 saturated carbocycles. The highest BCUT2D eigenvalue weighted by Crippen LogP contribution is 2.31. The lowest BCUT2D eigenvalue weighted by molar-refractivity contribution is -0.116. The number of amides is 1. The zero-order valence-corrected chi connectivity index (χ0v) is 13.7. The van der Waals surface area contributed by atoms with Crippen LogP contribution in [0.2, 0.25) is 0 Å². The minimum atomic E-state index is -0.974. The van der Waals surface area contributed by atoms with Gasteiger partial charge >= 0.3 is 0 Å². The van der Waals surface area contributed by atoms with Crippen molar-refractivity contribution in [3.05, 3.63) is 41.3 Å². The Bertz CT molecular complexity index is 755. The Hall–Kier alpha value is -2.02. The highest BCUT2D eigenvalue weighted by Gasteiger charge is 2.28. The maximum Gasteiger partial charge on any atom is 0.225 e. The third-order valence-electron chi connectivity index (χ3n) is 3.76. The van der Waals surface area contributed by atoms with Gasteiger partial charge in [-0.2, -0.15) is 5.10 Å². The van der Waals surface area contributed by atoms with E-state index in [2.05, 4.69) is 10.4 Å². The van der Waals surface area contributed by atoms with Crippen molar-refractivity contribution in [1.29, 1.82) is 0 Å². The number of carbonyl (C=O) groups excluding carboxylic acids is 1. The SMILES string of the molecule is CCCCC(=O)Nc1c2c(nn1-c1ccc(F)cc1)C[S@](=O)C2. The van der Waals surface area contributed by atoms with E-state index in [4.69, 9.17) is 0 Å². The quantitative estimate of drug-likeness (QED) is 0.914. The first kappa shape index (κ1) is 15.9. The summed E-state index contributed by atoms with van der Waals surface area (Å²) in [6.45, 7) is 2.02. The van der Waals surface area contributed by atoms with Gasteiger partial charge in [0.2, 0.25) is 5.91 Å². The largest absolute Gasteiger partial charge is 0.310 e. The summed E-state index contributed by atoms with van der Waals surface area (Å²) < 4.78 is 26.5. The molecule has 2 heterocycles. The molecule has 1 N–H and O–H groups in total. The molecule has 5 nitrogen and oxygen atoms in total. The van der Waals surface area contributed by atoms with Crippen LogP contribution in [0.25, 0.3) is 5.69 Å². The van der Waals surface area contributed by atoms with Crippen LogP contribution < -0.4 is 5.32 Å². The molecule has 1 atom stereocenters. The van der Waals surface area contributed by atoms with Crippen LogP contribution in [0.4, 0.5) is 10.2 Å². The lowest BCUT2D eigenvalue weighted by Gasteiger charge is -2.11. The number of benzene rings is 1. The molecule has 1 aromatic heterocycles. The molecule has 0 spiro atoms. The van der Waals surface area contributed by atoms with Crippen molar-refractivity contribution in [3.8, 4) is 5.69 Å². The first-order valence-electron chi connectivity index (χ1n) is 7.60. The maximum atomic E-state index is 13.1. The van der Waals surface area contributed by atoms with Crippen LogP contribution >= 0.6 is 0 Å². The number of nitrogens with zero attached hydrogens (tertiary/aromatic N) is 2. The third-order valence-corrected chi connectivity index (χ3v) is 4.96. The maximum absolute atomic E-state index is 13.1. The van der Waals surface area contributed by atoms with Gasteiger partial charge in [0.1, 0.15) is 11.6 Å². The average Bonchev–Trinajstić information content (AvgIpc) is 3.03. The summed E-state index contributed by atoms with van der Waals surface area (Å²) in [6, 6.07) is 5.91. The van der Waals surface area contributed by atoms with Gasteiger partial charge in [0.05, 0.1) is 22.9 Å². The Morgan fingerprint density at radius 1 is 1.35 bits per heavy atom. The number of aromatic nitrogens is 2. The Morgan fingerprint density at radius 3 is 2.78 bits per heavy atom. The van der Waals surface area contributed by atoms with E-state index in [1.165, 1.54) is 12.1 Å². The molecule has 1 amide bonds. The molecule has 1 aromatic carbocycles. The number of hydrogen-bond donors (Lipinski definition) is 1. The molecule has 1 aliphatic rings. The molecule has 3 rings (SSSR count). The summed E-state index contributed by atoms with van der Waals surface area (Å²) in [5.74, 6) is 0.915. The standard InChI is InChI=1S/C16H18FN3O2S/c1-2-3-4-15(21)18-16-13-9-23(22)10-14(13)19-20(16)12-7-5-11(17)6-8-12/h5-8H,2-4,9-10H2,1H3,(H,18,21)/t23-/m1/s1. The van der Waals surface area contributed by atoms with Crippen molar-refractivity contribution < 1.29 is 13.4 Å². The lowest BCUT2D eigenvalue weighted by atomic mass is 10.2. The van der Waals surface area contributed by atoms with Crippen molar-refractivity contribution in [2.75, 3.05) is 5.32 Å². The number of fused-ring (bicyclic) bond motifs is 1. The number of nitrogens with one attached hydrogen (secondary N) is 1. The van der Waals surface area contributed by atoms with Crippen molar-refractivity contribution in [2.24, 2.45) is 0 Å². The van der Waals surface area contributed by atoms with Gasteiger partial charge in [-0.1, -0.05) is 13.3 Å². The van der Waals surface area contributed by atoms with Crippen LogP contribution in [0.5, 0.6) is 0 Å². The minimum Gasteiger partial charge on any atom is -0.310 e. The summed E-state index contributed by atoms with van der Waals surface area (Å²) in [7, 11) is -0.974. The Balaban J connectivity index is 1.96. The van der Waals surface area contributed by atoms with E-state index >= 15 is 0 Å². The molecule has 0 radical (unpaired) electrons. The molecular formula is C16H18FN3O2S. The fraction of sp³-hybridized carbons (Fsp3) is 0.375. The van der Waals surface area contributed by atoms with Crippen LogP contribution in [0, 0.1) is 5.82 Å². The highest BCUT2D eigenvalue weighted by atomic mass is 32.2. The van der Waals surface area contributed by atoms with E-state index in [1.807, 2.05) is 6.92 Å². The minimum absolute atomic E-state index is 0.0874. The molecule has 1 aliphatic heterocycles. The van der Waals surface area contributed by atoms with E-state index in [-0.39, 0.29) is 11.7 Å². The van der Waals surface area contributed by atoms with Crippen LogP contribution in [-0.2, 0) is 27.1 Å². The summed E-state index contributed by atoms with van der Waals surface area (Å²) >= 11 is 0. The Kier molecular flexibility index (Phi) is 4.56. The topological polar surface area (TPSA) is 64.0 Å². The molecule has 0 aliphatic carbocycles. The fourth-order valence-corrected chi connectivity index (χ4v) is 3.82. The monoisotopic (exact) mass is 335 g/mol. The van der Waals surface area contributed by atoms with Gasteiger partial charge in [0.25, 0.3) is 0 Å². The number of hydrogen-bond acceptors (Lipinski definition) is 3. The smallest absolute Gasteiger partial charge is 0.225 e. The van der Waals surface area contributed by atoms with Crippen molar-refractivity contribution in [1.82, 2.24) is 9.78 Å². The lowest BCUT2D eigenvalue weighted by Crippen LogP contribution is -2.16. The molecule has 2 aromatic rings. The van der Waals surface area contributed by atoms with E-state index in [9.17, 15) is 13.4 Å². The van der Waals surface area contributed by atoms with Crippen molar-refractivity contribution in [3.63, 3.8) is 0 Å². The first-order chi connectivity index (χ1) is 11.1. The van der Waals surface area contributed by atoms with Gasteiger partial charge in [-0.3, -0.25) is 9.00 Å². The van der Waals surface area contributed by atoms with Crippen molar-refractivity contribution in [2.45, 2.75) is 37.7 Å². The zero-order chi connectivity index (χ0) is 16.4. The van der Waals surface area contributed by atoms with Gasteiger partial charge in [0, 0.05) is 22.8 Å². The molecule has 7 heteroatoms. The van der Waals surface area contributed by atoms with Gasteiger partial charge in [-0.05, 0) is 30.7 Å². The molecule has 0 fully saturated rings. The third kappa shape index (κ3) is 3.34. The number of halogens is 1. The zero-order valence-electron chi connectivity index (χ0n) is 12.8. The summed E-state index contributed by atoms with van der Waals surface area (Å²) in [4.78, 5) is 12.1. The van der Waals surface area contributed by atoms with E-state index in [0.717, 1.165) is 24.1 Å². The Labute approximate surface area is 136 Å². The second-order valence-electron chi connectivity index (χ2n) is 5.54. The molecule has 122 valence electrons. The van der Waals surface area contributed by atoms with Gasteiger partial charge in [-0.25, -0.2) is 9.07 Å². The van der Waals surface area contributed by atoms with Crippen LogP contribution in [0.3, 0.4) is 0 Å². The second kappa shape index (κ2) is 6.62. The van der Waals surface area contributed by atoms with Crippen LogP contribution in [0.1, 0.15) is 37.4 Å². The summed E-state index contributed by atoms with van der Waals surface area (Å²) in [5, 5.41) is 7.35. The predicted octanol–water partition coefficient (Wildman–Crippen LogP) is 2.90. The van der Waals surface area contributed by atoms with Gasteiger partial charge in [-0.15, -0.1) is 0 Å². The summed E-state index contributed by atoms with van der Waals surface area (Å²) in [6.07, 6.45) is 2.18. The second-order valence-corrected chi connectivity index (χ2v) is 7.00.